The molecule has 0 saturated carbocycles. The van der Waals surface area contributed by atoms with Gasteiger partial charge in [0.25, 0.3) is 0 Å². The van der Waals surface area contributed by atoms with Gasteiger partial charge in [-0.15, -0.1) is 24.8 Å². The van der Waals surface area contributed by atoms with Crippen LogP contribution in [0.15, 0.2) is 23.2 Å². The highest BCUT2D eigenvalue weighted by Gasteiger charge is 2.18. The van der Waals surface area contributed by atoms with E-state index in [9.17, 15) is 0 Å². The zero-order valence-corrected chi connectivity index (χ0v) is 13.0. The van der Waals surface area contributed by atoms with E-state index in [1.807, 2.05) is 6.07 Å². The smallest absolute Gasteiger partial charge is 0.111 e. The molecule has 0 aromatic heterocycles. The zero-order valence-electron chi connectivity index (χ0n) is 10.6. The molecule has 0 spiro atoms. The van der Waals surface area contributed by atoms with Gasteiger partial charge in [0, 0.05) is 24.7 Å². The Morgan fingerprint density at radius 3 is 2.84 bits per heavy atom. The first-order chi connectivity index (χ1) is 8.31. The quantitative estimate of drug-likeness (QED) is 0.906. The van der Waals surface area contributed by atoms with Crippen molar-refractivity contribution >= 4 is 42.3 Å². The highest BCUT2D eigenvalue weighted by molar-refractivity contribution is 6.30. The SMILES string of the molecule is Cl.Cl.Clc1ccc2c(c1)CCN(CC1=NCCN1)C2. The average molecular weight is 323 g/mol. The summed E-state index contributed by atoms with van der Waals surface area (Å²) in [5, 5.41) is 4.17. The number of hydrogen-bond acceptors (Lipinski definition) is 3. The van der Waals surface area contributed by atoms with E-state index in [0.29, 0.717) is 0 Å². The molecule has 0 saturated heterocycles. The van der Waals surface area contributed by atoms with Crippen LogP contribution in [-0.4, -0.2) is 36.9 Å². The van der Waals surface area contributed by atoms with Crippen molar-refractivity contribution < 1.29 is 0 Å². The molecule has 3 rings (SSSR count). The third kappa shape index (κ3) is 3.99. The molecule has 0 bridgehead atoms. The van der Waals surface area contributed by atoms with Gasteiger partial charge >= 0.3 is 0 Å². The summed E-state index contributed by atoms with van der Waals surface area (Å²) in [6.07, 6.45) is 1.09. The highest BCUT2D eigenvalue weighted by Crippen LogP contribution is 2.22. The number of halogens is 3. The van der Waals surface area contributed by atoms with Crippen LogP contribution in [0.5, 0.6) is 0 Å². The molecule has 19 heavy (non-hydrogen) atoms. The van der Waals surface area contributed by atoms with Crippen LogP contribution < -0.4 is 5.32 Å². The molecule has 0 fully saturated rings. The number of nitrogens with zero attached hydrogens (tertiary/aromatic N) is 2. The monoisotopic (exact) mass is 321 g/mol. The van der Waals surface area contributed by atoms with Crippen LogP contribution in [0.3, 0.4) is 0 Å². The van der Waals surface area contributed by atoms with Crippen molar-refractivity contribution in [3.05, 3.63) is 34.3 Å². The van der Waals surface area contributed by atoms with E-state index in [2.05, 4.69) is 27.3 Å². The lowest BCUT2D eigenvalue weighted by Crippen LogP contribution is -2.38. The maximum Gasteiger partial charge on any atom is 0.111 e. The van der Waals surface area contributed by atoms with Gasteiger partial charge in [0.05, 0.1) is 13.1 Å². The Kier molecular flexibility index (Phi) is 6.40. The second-order valence-corrected chi connectivity index (χ2v) is 5.07. The molecule has 0 unspecified atom stereocenters. The molecule has 0 aliphatic carbocycles. The molecule has 0 atom stereocenters. The van der Waals surface area contributed by atoms with Crippen molar-refractivity contribution in [1.82, 2.24) is 10.2 Å². The Balaban J connectivity index is 0.000000902. The predicted molar refractivity (Wildman–Crippen MR) is 85.2 cm³/mol. The van der Waals surface area contributed by atoms with E-state index in [-0.39, 0.29) is 24.8 Å². The minimum Gasteiger partial charge on any atom is -0.371 e. The lowest BCUT2D eigenvalue weighted by Gasteiger charge is -2.28. The Morgan fingerprint density at radius 1 is 1.26 bits per heavy atom. The first-order valence-electron chi connectivity index (χ1n) is 6.08. The van der Waals surface area contributed by atoms with Crippen LogP contribution in [0.2, 0.25) is 5.02 Å². The van der Waals surface area contributed by atoms with Gasteiger partial charge in [-0.1, -0.05) is 17.7 Å². The summed E-state index contributed by atoms with van der Waals surface area (Å²) < 4.78 is 0. The summed E-state index contributed by atoms with van der Waals surface area (Å²) in [5.41, 5.74) is 2.80. The van der Waals surface area contributed by atoms with Crippen molar-refractivity contribution in [1.29, 1.82) is 0 Å². The molecule has 2 aliphatic rings. The van der Waals surface area contributed by atoms with Gasteiger partial charge in [-0.3, -0.25) is 9.89 Å². The average Bonchev–Trinajstić information content (AvgIpc) is 2.82. The maximum atomic E-state index is 6.01. The van der Waals surface area contributed by atoms with E-state index < -0.39 is 0 Å². The van der Waals surface area contributed by atoms with Crippen molar-refractivity contribution in [3.63, 3.8) is 0 Å². The van der Waals surface area contributed by atoms with Crippen molar-refractivity contribution in [2.75, 3.05) is 26.2 Å². The predicted octanol–water partition coefficient (Wildman–Crippen LogP) is 2.54. The standard InChI is InChI=1S/C13H16ClN3.2ClH/c14-12-2-1-11-8-17(6-3-10(11)7-12)9-13-15-4-5-16-13;;/h1-2,7H,3-6,8-9H2,(H,15,16);2*1H. The van der Waals surface area contributed by atoms with Crippen LogP contribution in [0.4, 0.5) is 0 Å². The molecule has 3 nitrogen and oxygen atoms in total. The van der Waals surface area contributed by atoms with Crippen LogP contribution in [0.1, 0.15) is 11.1 Å². The lowest BCUT2D eigenvalue weighted by atomic mass is 10.00. The molecule has 106 valence electrons. The highest BCUT2D eigenvalue weighted by atomic mass is 35.5. The fourth-order valence-corrected chi connectivity index (χ4v) is 2.67. The number of amidine groups is 1. The number of hydrogen-bond donors (Lipinski definition) is 1. The summed E-state index contributed by atoms with van der Waals surface area (Å²) >= 11 is 6.01. The van der Waals surface area contributed by atoms with Gasteiger partial charge < -0.3 is 5.32 Å². The van der Waals surface area contributed by atoms with Crippen LogP contribution in [0.25, 0.3) is 0 Å². The third-order valence-electron chi connectivity index (χ3n) is 3.38. The lowest BCUT2D eigenvalue weighted by molar-refractivity contribution is 0.288. The Bertz CT molecular complexity index is 462. The van der Waals surface area contributed by atoms with Gasteiger partial charge in [0.15, 0.2) is 0 Å². The summed E-state index contributed by atoms with van der Waals surface area (Å²) in [4.78, 5) is 6.88. The number of aliphatic imine (C=N–C) groups is 1. The molecule has 6 heteroatoms. The summed E-state index contributed by atoms with van der Waals surface area (Å²) in [6, 6.07) is 6.22. The molecule has 1 aromatic rings. The topological polar surface area (TPSA) is 27.6 Å². The maximum absolute atomic E-state index is 6.01. The number of rotatable bonds is 2. The van der Waals surface area contributed by atoms with Crippen LogP contribution in [-0.2, 0) is 13.0 Å². The fraction of sp³-hybridized carbons (Fsp3) is 0.462. The molecule has 2 aliphatic heterocycles. The normalized spacial score (nSPS) is 17.6. The second kappa shape index (κ2) is 7.34. The Morgan fingerprint density at radius 2 is 2.11 bits per heavy atom. The Labute approximate surface area is 131 Å². The van der Waals surface area contributed by atoms with Gasteiger partial charge in [-0.25, -0.2) is 0 Å². The third-order valence-corrected chi connectivity index (χ3v) is 3.61. The molecule has 2 heterocycles. The van der Waals surface area contributed by atoms with Gasteiger partial charge in [-0.2, -0.15) is 0 Å². The minimum atomic E-state index is 0. The van der Waals surface area contributed by atoms with E-state index in [1.54, 1.807) is 0 Å². The van der Waals surface area contributed by atoms with Crippen LogP contribution in [0, 0.1) is 0 Å². The van der Waals surface area contributed by atoms with Gasteiger partial charge in [0.2, 0.25) is 0 Å². The molecule has 0 radical (unpaired) electrons. The number of benzene rings is 1. The minimum absolute atomic E-state index is 0. The zero-order chi connectivity index (χ0) is 11.7. The fourth-order valence-electron chi connectivity index (χ4n) is 2.48. The van der Waals surface area contributed by atoms with Gasteiger partial charge in [0.1, 0.15) is 5.84 Å². The molecule has 0 amide bonds. The van der Waals surface area contributed by atoms with Crippen LogP contribution >= 0.6 is 36.4 Å². The second-order valence-electron chi connectivity index (χ2n) is 4.63. The van der Waals surface area contributed by atoms with E-state index >= 15 is 0 Å². The molecule has 1 aromatic carbocycles. The van der Waals surface area contributed by atoms with Crippen molar-refractivity contribution in [2.45, 2.75) is 13.0 Å². The summed E-state index contributed by atoms with van der Waals surface area (Å²) in [7, 11) is 0. The van der Waals surface area contributed by atoms with Gasteiger partial charge in [-0.05, 0) is 29.7 Å². The Hall–Kier alpha value is -0.480. The summed E-state index contributed by atoms with van der Waals surface area (Å²) in [6.45, 7) is 4.97. The van der Waals surface area contributed by atoms with E-state index in [1.165, 1.54) is 11.1 Å². The molecular formula is C13H18Cl3N3. The summed E-state index contributed by atoms with van der Waals surface area (Å²) in [5.74, 6) is 1.14. The van der Waals surface area contributed by atoms with E-state index in [4.69, 9.17) is 11.6 Å². The van der Waals surface area contributed by atoms with E-state index in [0.717, 1.165) is 50.0 Å². The van der Waals surface area contributed by atoms with Crippen molar-refractivity contribution in [2.24, 2.45) is 4.99 Å². The first kappa shape index (κ1) is 16.6. The largest absolute Gasteiger partial charge is 0.371 e. The number of fused-ring (bicyclic) bond motifs is 1. The molecule has 1 N–H and O–H groups in total. The first-order valence-corrected chi connectivity index (χ1v) is 6.46. The number of nitrogens with one attached hydrogen (secondary N) is 1. The molecular weight excluding hydrogens is 305 g/mol. The van der Waals surface area contributed by atoms with Crippen molar-refractivity contribution in [3.8, 4) is 0 Å².